The van der Waals surface area contributed by atoms with Crippen LogP contribution >= 0.6 is 22.6 Å². The summed E-state index contributed by atoms with van der Waals surface area (Å²) in [5.41, 5.74) is 6.22. The van der Waals surface area contributed by atoms with Crippen LogP contribution in [0.4, 0.5) is 8.78 Å². The maximum atomic E-state index is 12.9. The van der Waals surface area contributed by atoms with Gasteiger partial charge in [0.1, 0.15) is 0 Å². The van der Waals surface area contributed by atoms with E-state index in [2.05, 4.69) is 5.32 Å². The normalized spacial score (nSPS) is 11.4. The molecule has 0 fully saturated rings. The Morgan fingerprint density at radius 3 is 2.76 bits per heavy atom. The first-order valence-corrected chi connectivity index (χ1v) is 6.06. The van der Waals surface area contributed by atoms with E-state index < -0.39 is 24.9 Å². The van der Waals surface area contributed by atoms with Crippen molar-refractivity contribution in [2.75, 3.05) is 13.1 Å². The minimum Gasteiger partial charge on any atom is -0.346 e. The quantitative estimate of drug-likeness (QED) is 0.812. The molecular formula is C11H13F2IN2O. The molecule has 6 heteroatoms. The number of alkyl halides is 2. The van der Waals surface area contributed by atoms with Crippen LogP contribution in [-0.4, -0.2) is 24.9 Å². The predicted octanol–water partition coefficient (Wildman–Crippen LogP) is 1.92. The number of nitrogens with one attached hydrogen (secondary N) is 1. The van der Waals surface area contributed by atoms with Crippen molar-refractivity contribution in [1.29, 1.82) is 0 Å². The maximum Gasteiger partial charge on any atom is 0.277 e. The lowest BCUT2D eigenvalue weighted by atomic mass is 10.1. The summed E-state index contributed by atoms with van der Waals surface area (Å²) in [6.07, 6.45) is 0. The first-order chi connectivity index (χ1) is 7.87. The average Bonchev–Trinajstić information content (AvgIpc) is 2.30. The molecule has 1 rings (SSSR count). The Hall–Kier alpha value is -0.760. The fraction of sp³-hybridized carbons (Fsp3) is 0.364. The van der Waals surface area contributed by atoms with E-state index in [4.69, 9.17) is 5.73 Å². The van der Waals surface area contributed by atoms with Gasteiger partial charge in [-0.05, 0) is 41.1 Å². The Balaban J connectivity index is 2.74. The predicted molar refractivity (Wildman–Crippen MR) is 70.2 cm³/mol. The molecule has 0 saturated carbocycles. The van der Waals surface area contributed by atoms with Crippen LogP contribution in [0.2, 0.25) is 0 Å². The van der Waals surface area contributed by atoms with Crippen LogP contribution in [0.1, 0.15) is 15.9 Å². The van der Waals surface area contributed by atoms with Crippen molar-refractivity contribution in [3.63, 3.8) is 0 Å². The van der Waals surface area contributed by atoms with E-state index in [1.165, 1.54) is 0 Å². The number of aryl methyl sites for hydroxylation is 1. The Morgan fingerprint density at radius 2 is 2.18 bits per heavy atom. The lowest BCUT2D eigenvalue weighted by Gasteiger charge is -2.15. The number of nitrogens with two attached hydrogens (primary N) is 1. The molecule has 1 aromatic rings. The van der Waals surface area contributed by atoms with E-state index in [1.807, 2.05) is 35.6 Å². The first-order valence-electron chi connectivity index (χ1n) is 4.98. The van der Waals surface area contributed by atoms with E-state index in [0.29, 0.717) is 5.56 Å². The van der Waals surface area contributed by atoms with E-state index >= 15 is 0 Å². The van der Waals surface area contributed by atoms with Crippen LogP contribution in [-0.2, 0) is 0 Å². The zero-order chi connectivity index (χ0) is 13.1. The SMILES string of the molecule is Cc1cccc(C(=O)NCC(F)(F)CN)c1I. The van der Waals surface area contributed by atoms with E-state index in [0.717, 1.165) is 9.13 Å². The zero-order valence-corrected chi connectivity index (χ0v) is 11.4. The topological polar surface area (TPSA) is 55.1 Å². The standard InChI is InChI=1S/C11H13F2IN2O/c1-7-3-2-4-8(9(7)14)10(17)16-6-11(12,13)5-15/h2-4H,5-6,15H2,1H3,(H,16,17). The van der Waals surface area contributed by atoms with Crippen LogP contribution < -0.4 is 11.1 Å². The lowest BCUT2D eigenvalue weighted by Crippen LogP contribution is -2.41. The number of rotatable bonds is 4. The molecule has 0 aromatic heterocycles. The minimum absolute atomic E-state index is 0.401. The number of hydrogen-bond acceptors (Lipinski definition) is 2. The van der Waals surface area contributed by atoms with Crippen molar-refractivity contribution in [1.82, 2.24) is 5.32 Å². The molecule has 1 amide bonds. The first kappa shape index (κ1) is 14.3. The highest BCUT2D eigenvalue weighted by Crippen LogP contribution is 2.17. The van der Waals surface area contributed by atoms with Gasteiger partial charge in [0.05, 0.1) is 18.7 Å². The van der Waals surface area contributed by atoms with Gasteiger partial charge in [-0.25, -0.2) is 8.78 Å². The van der Waals surface area contributed by atoms with Crippen LogP contribution in [0.3, 0.4) is 0 Å². The summed E-state index contributed by atoms with van der Waals surface area (Å²) in [4.78, 5) is 11.7. The molecule has 1 aromatic carbocycles. The Labute approximate surface area is 112 Å². The highest BCUT2D eigenvalue weighted by molar-refractivity contribution is 14.1. The summed E-state index contributed by atoms with van der Waals surface area (Å²) in [5.74, 6) is -3.57. The van der Waals surface area contributed by atoms with E-state index in [-0.39, 0.29) is 0 Å². The molecule has 0 aliphatic rings. The number of hydrogen-bond donors (Lipinski definition) is 2. The summed E-state index contributed by atoms with van der Waals surface area (Å²) < 4.78 is 26.5. The van der Waals surface area contributed by atoms with E-state index in [9.17, 15) is 13.6 Å². The summed E-state index contributed by atoms with van der Waals surface area (Å²) >= 11 is 2.02. The van der Waals surface area contributed by atoms with Gasteiger partial charge in [-0.3, -0.25) is 4.79 Å². The summed E-state index contributed by atoms with van der Waals surface area (Å²) in [5, 5.41) is 2.18. The number of amides is 1. The smallest absolute Gasteiger partial charge is 0.277 e. The highest BCUT2D eigenvalue weighted by atomic mass is 127. The second-order valence-electron chi connectivity index (χ2n) is 3.68. The second-order valence-corrected chi connectivity index (χ2v) is 4.76. The molecule has 94 valence electrons. The van der Waals surface area contributed by atoms with Crippen LogP contribution in [0.25, 0.3) is 0 Å². The van der Waals surface area contributed by atoms with Gasteiger partial charge in [-0.2, -0.15) is 0 Å². The van der Waals surface area contributed by atoms with Crippen molar-refractivity contribution >= 4 is 28.5 Å². The number of carbonyl (C=O) groups is 1. The molecule has 0 aliphatic heterocycles. The van der Waals surface area contributed by atoms with Gasteiger partial charge in [-0.15, -0.1) is 0 Å². The van der Waals surface area contributed by atoms with Crippen LogP contribution in [0, 0.1) is 10.5 Å². The van der Waals surface area contributed by atoms with Crippen LogP contribution in [0.5, 0.6) is 0 Å². The van der Waals surface area contributed by atoms with Crippen molar-refractivity contribution in [2.45, 2.75) is 12.8 Å². The molecule has 0 saturated heterocycles. The van der Waals surface area contributed by atoms with Gasteiger partial charge in [-0.1, -0.05) is 12.1 Å². The lowest BCUT2D eigenvalue weighted by molar-refractivity contribution is 0.0118. The number of carbonyl (C=O) groups excluding carboxylic acids is 1. The molecule has 0 aliphatic carbocycles. The fourth-order valence-corrected chi connectivity index (χ4v) is 1.80. The summed E-state index contributed by atoms with van der Waals surface area (Å²) in [7, 11) is 0. The zero-order valence-electron chi connectivity index (χ0n) is 9.27. The van der Waals surface area contributed by atoms with Gasteiger partial charge >= 0.3 is 0 Å². The molecule has 0 atom stereocenters. The molecule has 0 unspecified atom stereocenters. The van der Waals surface area contributed by atoms with Gasteiger partial charge < -0.3 is 11.1 Å². The third-order valence-corrected chi connectivity index (χ3v) is 3.67. The van der Waals surface area contributed by atoms with Gasteiger partial charge in [0, 0.05) is 3.57 Å². The Kier molecular flexibility index (Phi) is 4.81. The molecule has 0 heterocycles. The van der Waals surface area contributed by atoms with E-state index in [1.54, 1.807) is 12.1 Å². The molecule has 0 spiro atoms. The summed E-state index contributed by atoms with van der Waals surface area (Å²) in [6, 6.07) is 5.17. The van der Waals surface area contributed by atoms with Gasteiger partial charge in [0.2, 0.25) is 0 Å². The minimum atomic E-state index is -3.06. The van der Waals surface area contributed by atoms with Gasteiger partial charge in [0.15, 0.2) is 0 Å². The van der Waals surface area contributed by atoms with Crippen molar-refractivity contribution < 1.29 is 13.6 Å². The Morgan fingerprint density at radius 1 is 1.53 bits per heavy atom. The number of halogens is 3. The highest BCUT2D eigenvalue weighted by Gasteiger charge is 2.27. The molecule has 0 bridgehead atoms. The molecule has 3 nitrogen and oxygen atoms in total. The van der Waals surface area contributed by atoms with Crippen molar-refractivity contribution in [2.24, 2.45) is 5.73 Å². The number of benzene rings is 1. The molecule has 0 radical (unpaired) electrons. The van der Waals surface area contributed by atoms with Crippen molar-refractivity contribution in [3.05, 3.63) is 32.9 Å². The third kappa shape index (κ3) is 3.88. The fourth-order valence-electron chi connectivity index (χ4n) is 1.20. The van der Waals surface area contributed by atoms with Crippen LogP contribution in [0.15, 0.2) is 18.2 Å². The average molecular weight is 354 g/mol. The van der Waals surface area contributed by atoms with Crippen molar-refractivity contribution in [3.8, 4) is 0 Å². The second kappa shape index (κ2) is 5.72. The third-order valence-electron chi connectivity index (χ3n) is 2.24. The van der Waals surface area contributed by atoms with Gasteiger partial charge in [0.25, 0.3) is 11.8 Å². The largest absolute Gasteiger partial charge is 0.346 e. The summed E-state index contributed by atoms with van der Waals surface area (Å²) in [6.45, 7) is 0.331. The maximum absolute atomic E-state index is 12.9. The monoisotopic (exact) mass is 354 g/mol. The molecule has 3 N–H and O–H groups in total. The Bertz CT molecular complexity index is 424. The molecule has 17 heavy (non-hydrogen) atoms. The molecular weight excluding hydrogens is 341 g/mol.